The van der Waals surface area contributed by atoms with Crippen molar-refractivity contribution in [2.24, 2.45) is 0 Å². The van der Waals surface area contributed by atoms with Crippen LogP contribution in [0.1, 0.15) is 42.4 Å². The van der Waals surface area contributed by atoms with Gasteiger partial charge < -0.3 is 24.8 Å². The van der Waals surface area contributed by atoms with E-state index in [1.54, 1.807) is 14.2 Å². The average Bonchev–Trinajstić information content (AvgIpc) is 3.31. The number of urea groups is 1. The van der Waals surface area contributed by atoms with Crippen LogP contribution in [0.15, 0.2) is 36.4 Å². The lowest BCUT2D eigenvalue weighted by atomic mass is 9.66. The summed E-state index contributed by atoms with van der Waals surface area (Å²) in [5, 5.41) is 9.24. The lowest BCUT2D eigenvalue weighted by molar-refractivity contribution is -0.192. The van der Waals surface area contributed by atoms with Crippen LogP contribution in [0, 0.1) is 0 Å². The number of carboxylic acid groups (broad SMARTS) is 1. The number of carbonyl (C=O) groups is 2. The van der Waals surface area contributed by atoms with Crippen LogP contribution in [0.25, 0.3) is 0 Å². The molecule has 8 nitrogen and oxygen atoms in total. The van der Waals surface area contributed by atoms with Gasteiger partial charge in [-0.3, -0.25) is 4.72 Å². The topological polar surface area (TPSA) is 100 Å². The van der Waals surface area contributed by atoms with Gasteiger partial charge in [-0.15, -0.1) is 0 Å². The molecule has 0 radical (unpaired) electrons. The lowest BCUT2D eigenvalue weighted by Crippen LogP contribution is -2.47. The molecule has 2 aromatic rings. The number of amides is 2. The summed E-state index contributed by atoms with van der Waals surface area (Å²) in [4.78, 5) is 23.6. The fourth-order valence-electron chi connectivity index (χ4n) is 5.66. The van der Waals surface area contributed by atoms with Gasteiger partial charge in [-0.1, -0.05) is 6.07 Å². The molecule has 3 unspecified atom stereocenters. The molecule has 2 aliphatic rings. The average molecular weight is 692 g/mol. The molecule has 0 aromatic heterocycles. The Morgan fingerprint density at radius 3 is 1.98 bits per heavy atom. The molecule has 2 amide bonds. The van der Waals surface area contributed by atoms with Crippen molar-refractivity contribution >= 4 is 29.6 Å². The summed E-state index contributed by atoms with van der Waals surface area (Å²) in [7, 11) is 5.22. The molecule has 3 atom stereocenters. The van der Waals surface area contributed by atoms with Gasteiger partial charge >= 0.3 is 30.5 Å². The van der Waals surface area contributed by atoms with Crippen LogP contribution in [-0.4, -0.2) is 67.3 Å². The number of hydrogen-bond acceptors (Lipinski definition) is 6. The van der Waals surface area contributed by atoms with E-state index in [1.165, 1.54) is 0 Å². The summed E-state index contributed by atoms with van der Waals surface area (Å²) < 4.78 is 124. The highest BCUT2D eigenvalue weighted by molar-refractivity contribution is 7.98. The van der Waals surface area contributed by atoms with E-state index < -0.39 is 47.3 Å². The monoisotopic (exact) mass is 691 g/mol. The van der Waals surface area contributed by atoms with Crippen molar-refractivity contribution in [1.29, 1.82) is 0 Å². The maximum atomic E-state index is 13.1. The SMILES string of the molecule is COc1ccc(C23CCC(SNC(=O)Nc4cc(C(F)(F)F)cc(C(F)(F)F)c4)CC2N(C)CC3)cc1OC.O=C(O)C(F)(F)F. The number of nitrogens with one attached hydrogen (secondary N) is 2. The number of likely N-dealkylation sites (N-methyl/N-ethyl adjacent to an activating group) is 1. The molecule has 256 valence electrons. The van der Waals surface area contributed by atoms with Gasteiger partial charge in [-0.25, -0.2) is 9.59 Å². The number of carboxylic acids is 1. The third-order valence-corrected chi connectivity index (χ3v) is 8.91. The van der Waals surface area contributed by atoms with E-state index in [2.05, 4.69) is 21.0 Å². The first-order chi connectivity index (χ1) is 21.2. The Morgan fingerprint density at radius 2 is 1.48 bits per heavy atom. The van der Waals surface area contributed by atoms with Crippen LogP contribution >= 0.6 is 11.9 Å². The number of methoxy groups -OCH3 is 2. The number of rotatable bonds is 6. The molecule has 0 spiro atoms. The Bertz CT molecular complexity index is 1370. The zero-order valence-electron chi connectivity index (χ0n) is 24.5. The first-order valence-electron chi connectivity index (χ1n) is 13.5. The molecule has 1 heterocycles. The Labute approximate surface area is 261 Å². The molecule has 3 N–H and O–H groups in total. The second-order valence-electron chi connectivity index (χ2n) is 10.6. The molecule has 18 heteroatoms. The summed E-state index contributed by atoms with van der Waals surface area (Å²) in [6.07, 6.45) is -11.8. The molecule has 1 saturated carbocycles. The molecular weight excluding hydrogens is 661 g/mol. The van der Waals surface area contributed by atoms with E-state index >= 15 is 0 Å². The van der Waals surface area contributed by atoms with Crippen molar-refractivity contribution in [3.8, 4) is 11.5 Å². The smallest absolute Gasteiger partial charge is 0.490 e. The fraction of sp³-hybridized carbons (Fsp3) is 0.500. The predicted octanol–water partition coefficient (Wildman–Crippen LogP) is 7.34. The van der Waals surface area contributed by atoms with Crippen LogP contribution < -0.4 is 19.5 Å². The minimum Gasteiger partial charge on any atom is -0.493 e. The highest BCUT2D eigenvalue weighted by Gasteiger charge is 2.50. The number of anilines is 1. The van der Waals surface area contributed by atoms with Crippen LogP contribution in [-0.2, 0) is 22.6 Å². The number of aliphatic carboxylic acids is 1. The number of halogens is 9. The molecule has 1 aliphatic carbocycles. The molecule has 2 aromatic carbocycles. The highest BCUT2D eigenvalue weighted by Crippen LogP contribution is 2.51. The third-order valence-electron chi connectivity index (χ3n) is 7.84. The van der Waals surface area contributed by atoms with Crippen LogP contribution in [0.4, 0.5) is 50.0 Å². The number of alkyl halides is 9. The summed E-state index contributed by atoms with van der Waals surface area (Å²) in [6, 6.07) is 6.20. The molecule has 1 aliphatic heterocycles. The van der Waals surface area contributed by atoms with E-state index in [1.807, 2.05) is 19.2 Å². The lowest BCUT2D eigenvalue weighted by Gasteiger charge is -2.44. The maximum absolute atomic E-state index is 13.1. The van der Waals surface area contributed by atoms with E-state index in [4.69, 9.17) is 19.4 Å². The van der Waals surface area contributed by atoms with E-state index in [0.29, 0.717) is 23.6 Å². The van der Waals surface area contributed by atoms with Gasteiger partial charge in [0, 0.05) is 22.4 Å². The summed E-state index contributed by atoms with van der Waals surface area (Å²) in [5.41, 5.74) is -2.55. The second-order valence-corrected chi connectivity index (χ2v) is 11.7. The molecular formula is C28H30F9N3O5S. The first-order valence-corrected chi connectivity index (χ1v) is 14.3. The number of benzene rings is 2. The summed E-state index contributed by atoms with van der Waals surface area (Å²) in [5.74, 6) is -1.47. The number of ether oxygens (including phenoxy) is 2. The number of carbonyl (C=O) groups excluding carboxylic acids is 1. The zero-order chi connectivity index (χ0) is 34.7. The zero-order valence-corrected chi connectivity index (χ0v) is 25.3. The van der Waals surface area contributed by atoms with E-state index in [-0.39, 0.29) is 22.8 Å². The Hall–Kier alpha value is -3.54. The van der Waals surface area contributed by atoms with Crippen molar-refractivity contribution in [2.75, 3.05) is 33.1 Å². The minimum atomic E-state index is -5.08. The van der Waals surface area contributed by atoms with Crippen LogP contribution in [0.5, 0.6) is 11.5 Å². The van der Waals surface area contributed by atoms with Gasteiger partial charge in [0.15, 0.2) is 11.5 Å². The Kier molecular flexibility index (Phi) is 11.3. The van der Waals surface area contributed by atoms with Gasteiger partial charge in [0.2, 0.25) is 0 Å². The third kappa shape index (κ3) is 8.83. The van der Waals surface area contributed by atoms with Crippen molar-refractivity contribution in [3.63, 3.8) is 0 Å². The van der Waals surface area contributed by atoms with Crippen LogP contribution in [0.2, 0.25) is 0 Å². The first kappa shape index (κ1) is 36.9. The largest absolute Gasteiger partial charge is 0.493 e. The van der Waals surface area contributed by atoms with Crippen molar-refractivity contribution in [2.45, 2.75) is 60.9 Å². The number of hydrogen-bond donors (Lipinski definition) is 3. The quantitative estimate of drug-likeness (QED) is 0.215. The van der Waals surface area contributed by atoms with Crippen molar-refractivity contribution in [1.82, 2.24) is 9.62 Å². The number of likely N-dealkylation sites (tertiary alicyclic amines) is 1. The molecule has 1 saturated heterocycles. The van der Waals surface area contributed by atoms with E-state index in [9.17, 15) is 44.3 Å². The van der Waals surface area contributed by atoms with Crippen molar-refractivity contribution in [3.05, 3.63) is 53.1 Å². The van der Waals surface area contributed by atoms with Gasteiger partial charge in [-0.05, 0) is 87.1 Å². The van der Waals surface area contributed by atoms with Crippen LogP contribution in [0.3, 0.4) is 0 Å². The fourth-order valence-corrected chi connectivity index (χ4v) is 6.50. The van der Waals surface area contributed by atoms with Gasteiger partial charge in [0.25, 0.3) is 0 Å². The Morgan fingerprint density at radius 1 is 0.913 bits per heavy atom. The number of nitrogens with zero attached hydrogens (tertiary/aromatic N) is 1. The highest BCUT2D eigenvalue weighted by atomic mass is 32.2. The van der Waals surface area contributed by atoms with Gasteiger partial charge in [0.05, 0.1) is 25.3 Å². The standard InChI is InChI=1S/C26H29F6N3O3S.C2HF3O2/c1-35-9-8-24(15-4-5-20(37-2)21(13-15)38-3)7-6-19(14-22(24)35)39-34-23(36)33-18-11-16(25(27,28)29)10-17(12-18)26(30,31)32;3-2(4,5)1(6)7/h4-5,10-13,19,22H,6-9,14H2,1-3H3,(H2,33,34,36);(H,6,7). The predicted molar refractivity (Wildman–Crippen MR) is 150 cm³/mol. The van der Waals surface area contributed by atoms with Gasteiger partial charge in [0.1, 0.15) is 0 Å². The number of fused-ring (bicyclic) bond motifs is 1. The maximum Gasteiger partial charge on any atom is 0.490 e. The molecule has 46 heavy (non-hydrogen) atoms. The normalized spacial score (nSPS) is 21.8. The molecule has 2 fully saturated rings. The molecule has 4 rings (SSSR count). The van der Waals surface area contributed by atoms with Crippen molar-refractivity contribution < 1.29 is 63.7 Å². The van der Waals surface area contributed by atoms with E-state index in [0.717, 1.165) is 49.7 Å². The minimum absolute atomic E-state index is 0.00168. The van der Waals surface area contributed by atoms with Gasteiger partial charge in [-0.2, -0.15) is 39.5 Å². The second kappa shape index (κ2) is 14.1. The summed E-state index contributed by atoms with van der Waals surface area (Å²) in [6.45, 7) is 0.890. The Balaban J connectivity index is 0.000000738. The molecule has 0 bridgehead atoms. The summed E-state index contributed by atoms with van der Waals surface area (Å²) >= 11 is 1.12.